The van der Waals surface area contributed by atoms with Crippen molar-refractivity contribution in [1.29, 1.82) is 0 Å². The van der Waals surface area contributed by atoms with Gasteiger partial charge in [0.1, 0.15) is 5.75 Å². The molecule has 1 aliphatic heterocycles. The molecule has 0 saturated carbocycles. The van der Waals surface area contributed by atoms with E-state index in [9.17, 15) is 9.59 Å². The second kappa shape index (κ2) is 6.12. The van der Waals surface area contributed by atoms with Crippen LogP contribution in [-0.4, -0.2) is 17.9 Å². The summed E-state index contributed by atoms with van der Waals surface area (Å²) in [5.41, 5.74) is 3.50. The molecule has 2 aromatic rings. The van der Waals surface area contributed by atoms with Gasteiger partial charge in [-0.2, -0.15) is 0 Å². The highest BCUT2D eigenvalue weighted by atomic mass is 16.5. The van der Waals surface area contributed by atoms with Crippen molar-refractivity contribution < 1.29 is 14.3 Å². The average molecular weight is 310 g/mol. The van der Waals surface area contributed by atoms with Gasteiger partial charge in [0.15, 0.2) is 6.10 Å². The van der Waals surface area contributed by atoms with E-state index in [-0.39, 0.29) is 18.2 Å². The summed E-state index contributed by atoms with van der Waals surface area (Å²) >= 11 is 0. The molecule has 0 saturated heterocycles. The largest absolute Gasteiger partial charge is 0.478 e. The highest BCUT2D eigenvalue weighted by molar-refractivity contribution is 6.02. The van der Waals surface area contributed by atoms with E-state index in [4.69, 9.17) is 4.74 Å². The van der Waals surface area contributed by atoms with Gasteiger partial charge in [0, 0.05) is 5.69 Å². The molecule has 0 aromatic heterocycles. The number of carbonyl (C=O) groups is 2. The third-order valence-corrected chi connectivity index (χ3v) is 3.96. The molecular formula is C18H18N2O3. The van der Waals surface area contributed by atoms with Crippen molar-refractivity contribution in [2.45, 2.75) is 26.4 Å². The Kier molecular flexibility index (Phi) is 4.02. The molecular weight excluding hydrogens is 292 g/mol. The molecule has 23 heavy (non-hydrogen) atoms. The molecule has 2 N–H and O–H groups in total. The van der Waals surface area contributed by atoms with Crippen LogP contribution in [0, 0.1) is 13.8 Å². The minimum atomic E-state index is -0.824. The van der Waals surface area contributed by atoms with Crippen LogP contribution in [0.15, 0.2) is 42.5 Å². The van der Waals surface area contributed by atoms with Crippen molar-refractivity contribution >= 4 is 23.2 Å². The lowest BCUT2D eigenvalue weighted by Crippen LogP contribution is -2.39. The number of anilines is 2. The zero-order valence-electron chi connectivity index (χ0n) is 13.1. The van der Waals surface area contributed by atoms with Gasteiger partial charge in [0.2, 0.25) is 5.91 Å². The van der Waals surface area contributed by atoms with Crippen LogP contribution < -0.4 is 15.4 Å². The van der Waals surface area contributed by atoms with Crippen LogP contribution >= 0.6 is 0 Å². The highest BCUT2D eigenvalue weighted by Gasteiger charge is 2.29. The number of para-hydroxylation sites is 2. The zero-order valence-corrected chi connectivity index (χ0v) is 13.1. The number of hydrogen-bond donors (Lipinski definition) is 2. The molecule has 1 unspecified atom stereocenters. The summed E-state index contributed by atoms with van der Waals surface area (Å²) in [5, 5.41) is 5.60. The fourth-order valence-electron chi connectivity index (χ4n) is 2.48. The van der Waals surface area contributed by atoms with Crippen molar-refractivity contribution in [3.63, 3.8) is 0 Å². The number of nitrogens with one attached hydrogen (secondary N) is 2. The smallest absolute Gasteiger partial charge is 0.266 e. The van der Waals surface area contributed by atoms with Gasteiger partial charge in [-0.1, -0.05) is 24.3 Å². The Bertz CT molecular complexity index is 771. The first-order chi connectivity index (χ1) is 11.0. The summed E-state index contributed by atoms with van der Waals surface area (Å²) in [4.78, 5) is 24.3. The lowest BCUT2D eigenvalue weighted by molar-refractivity contribution is -0.128. The molecule has 2 amide bonds. The van der Waals surface area contributed by atoms with Crippen molar-refractivity contribution in [3.8, 4) is 5.75 Å². The Morgan fingerprint density at radius 3 is 2.78 bits per heavy atom. The lowest BCUT2D eigenvalue weighted by Gasteiger charge is -2.25. The van der Waals surface area contributed by atoms with E-state index in [1.165, 1.54) is 0 Å². The molecule has 118 valence electrons. The van der Waals surface area contributed by atoms with Gasteiger partial charge in [-0.05, 0) is 43.2 Å². The summed E-state index contributed by atoms with van der Waals surface area (Å²) in [7, 11) is 0. The van der Waals surface area contributed by atoms with Gasteiger partial charge in [-0.3, -0.25) is 9.59 Å². The van der Waals surface area contributed by atoms with Crippen molar-refractivity contribution in [3.05, 3.63) is 53.6 Å². The minimum absolute atomic E-state index is 0.0342. The van der Waals surface area contributed by atoms with Gasteiger partial charge in [0.05, 0.1) is 12.1 Å². The average Bonchev–Trinajstić information content (AvgIpc) is 2.52. The summed E-state index contributed by atoms with van der Waals surface area (Å²) in [6.45, 7) is 3.94. The Balaban J connectivity index is 1.69. The highest BCUT2D eigenvalue weighted by Crippen LogP contribution is 2.29. The van der Waals surface area contributed by atoms with Crippen molar-refractivity contribution in [2.75, 3.05) is 10.6 Å². The first-order valence-electron chi connectivity index (χ1n) is 7.47. The Morgan fingerprint density at radius 1 is 1.17 bits per heavy atom. The standard InChI is InChI=1S/C18H18N2O3/c1-11-6-5-8-13(12(11)2)19-17(21)10-16-18(22)20-14-7-3-4-9-15(14)23-16/h3-9,16H,10H2,1-2H3,(H,19,21)(H,20,22). The number of carbonyl (C=O) groups excluding carboxylic acids is 2. The molecule has 1 aliphatic rings. The molecule has 1 atom stereocenters. The normalized spacial score (nSPS) is 16.1. The first kappa shape index (κ1) is 15.1. The molecule has 2 aromatic carbocycles. The van der Waals surface area contributed by atoms with E-state index >= 15 is 0 Å². The molecule has 1 heterocycles. The van der Waals surface area contributed by atoms with Crippen LogP contribution in [0.25, 0.3) is 0 Å². The van der Waals surface area contributed by atoms with Gasteiger partial charge >= 0.3 is 0 Å². The Hall–Kier alpha value is -2.82. The van der Waals surface area contributed by atoms with Crippen LogP contribution in [0.3, 0.4) is 0 Å². The van der Waals surface area contributed by atoms with Gasteiger partial charge < -0.3 is 15.4 Å². The predicted octanol–water partition coefficient (Wildman–Crippen LogP) is 3.03. The van der Waals surface area contributed by atoms with E-state index in [1.807, 2.05) is 44.2 Å². The van der Waals surface area contributed by atoms with Crippen LogP contribution in [0.2, 0.25) is 0 Å². The van der Waals surface area contributed by atoms with E-state index < -0.39 is 6.10 Å². The van der Waals surface area contributed by atoms with E-state index in [0.29, 0.717) is 11.4 Å². The van der Waals surface area contributed by atoms with Crippen LogP contribution in [0.1, 0.15) is 17.5 Å². The van der Waals surface area contributed by atoms with Crippen LogP contribution in [0.5, 0.6) is 5.75 Å². The van der Waals surface area contributed by atoms with Crippen LogP contribution in [0.4, 0.5) is 11.4 Å². The second-order valence-electron chi connectivity index (χ2n) is 5.59. The zero-order chi connectivity index (χ0) is 16.4. The molecule has 0 bridgehead atoms. The maximum atomic E-state index is 12.2. The van der Waals surface area contributed by atoms with E-state index in [1.54, 1.807) is 12.1 Å². The minimum Gasteiger partial charge on any atom is -0.478 e. The summed E-state index contributed by atoms with van der Waals surface area (Å²) in [5.74, 6) is 0.0229. The third-order valence-electron chi connectivity index (χ3n) is 3.96. The summed E-state index contributed by atoms with van der Waals surface area (Å²) < 4.78 is 5.63. The number of rotatable bonds is 3. The van der Waals surface area contributed by atoms with E-state index in [0.717, 1.165) is 16.8 Å². The molecule has 5 nitrogen and oxygen atoms in total. The van der Waals surface area contributed by atoms with Gasteiger partial charge in [-0.25, -0.2) is 0 Å². The predicted molar refractivity (Wildman–Crippen MR) is 88.7 cm³/mol. The number of aryl methyl sites for hydroxylation is 1. The molecule has 3 rings (SSSR count). The van der Waals surface area contributed by atoms with Gasteiger partial charge in [-0.15, -0.1) is 0 Å². The third kappa shape index (κ3) is 3.18. The molecule has 5 heteroatoms. The van der Waals surface area contributed by atoms with Crippen molar-refractivity contribution in [1.82, 2.24) is 0 Å². The fraction of sp³-hybridized carbons (Fsp3) is 0.222. The maximum Gasteiger partial charge on any atom is 0.266 e. The lowest BCUT2D eigenvalue weighted by atomic mass is 10.1. The first-order valence-corrected chi connectivity index (χ1v) is 7.47. The van der Waals surface area contributed by atoms with Crippen molar-refractivity contribution in [2.24, 2.45) is 0 Å². The quantitative estimate of drug-likeness (QED) is 0.915. The van der Waals surface area contributed by atoms with Gasteiger partial charge in [0.25, 0.3) is 5.91 Å². The number of amides is 2. The number of hydrogen-bond acceptors (Lipinski definition) is 3. The van der Waals surface area contributed by atoms with Crippen LogP contribution in [-0.2, 0) is 9.59 Å². The second-order valence-corrected chi connectivity index (χ2v) is 5.59. The number of ether oxygens (including phenoxy) is 1. The topological polar surface area (TPSA) is 67.4 Å². The maximum absolute atomic E-state index is 12.2. The summed E-state index contributed by atoms with van der Waals surface area (Å²) in [6, 6.07) is 12.9. The molecule has 0 aliphatic carbocycles. The molecule has 0 fully saturated rings. The van der Waals surface area contributed by atoms with E-state index in [2.05, 4.69) is 10.6 Å². The monoisotopic (exact) mass is 310 g/mol. The molecule has 0 radical (unpaired) electrons. The fourth-order valence-corrected chi connectivity index (χ4v) is 2.48. The molecule has 0 spiro atoms. The Morgan fingerprint density at radius 2 is 1.96 bits per heavy atom. The summed E-state index contributed by atoms with van der Waals surface area (Å²) in [6.07, 6.45) is -0.858. The number of benzene rings is 2. The Labute approximate surface area is 134 Å². The number of fused-ring (bicyclic) bond motifs is 1. The SMILES string of the molecule is Cc1cccc(NC(=O)CC2Oc3ccccc3NC2=O)c1C.